The third-order valence-electron chi connectivity index (χ3n) is 3.90. The Morgan fingerprint density at radius 3 is 1.89 bits per heavy atom. The normalized spacial score (nSPS) is 11.9. The van der Waals surface area contributed by atoms with Gasteiger partial charge in [0.1, 0.15) is 6.54 Å². The molecule has 0 aromatic rings. The van der Waals surface area contributed by atoms with Crippen LogP contribution in [-0.2, 0) is 19.1 Å². The fraction of sp³-hybridized carbons (Fsp3) is 0.824. The van der Waals surface area contributed by atoms with Gasteiger partial charge < -0.3 is 14.5 Å². The highest BCUT2D eigenvalue weighted by atomic mass is 19.4. The summed E-state index contributed by atoms with van der Waals surface area (Å²) in [6.45, 7) is 0.719. The van der Waals surface area contributed by atoms with Crippen molar-refractivity contribution in [2.24, 2.45) is 0 Å². The second-order valence-corrected chi connectivity index (χ2v) is 6.47. The van der Waals surface area contributed by atoms with Crippen LogP contribution in [0.15, 0.2) is 0 Å². The van der Waals surface area contributed by atoms with E-state index in [9.17, 15) is 36.3 Å². The molecule has 0 aliphatic heterocycles. The van der Waals surface area contributed by atoms with Crippen LogP contribution in [0.25, 0.3) is 0 Å². The number of esters is 1. The van der Waals surface area contributed by atoms with E-state index in [0.717, 1.165) is 44.1 Å². The fourth-order valence-corrected chi connectivity index (χ4v) is 2.15. The van der Waals surface area contributed by atoms with Gasteiger partial charge in [0.05, 0.1) is 13.2 Å². The van der Waals surface area contributed by atoms with Crippen LogP contribution in [0.5, 0.6) is 0 Å². The second kappa shape index (κ2) is 11.8. The first-order chi connectivity index (χ1) is 12.8. The Bertz CT molecular complexity index is 526. The van der Waals surface area contributed by atoms with Crippen molar-refractivity contribution >= 4 is 17.8 Å². The van der Waals surface area contributed by atoms with Gasteiger partial charge in [0.15, 0.2) is 0 Å². The van der Waals surface area contributed by atoms with Crippen LogP contribution in [0.2, 0.25) is 0 Å². The van der Waals surface area contributed by atoms with Gasteiger partial charge in [0.25, 0.3) is 0 Å². The highest BCUT2D eigenvalue weighted by Crippen LogP contribution is 2.36. The molecule has 28 heavy (non-hydrogen) atoms. The van der Waals surface area contributed by atoms with Gasteiger partial charge in [-0.05, 0) is 6.42 Å². The van der Waals surface area contributed by atoms with Crippen LogP contribution in [0.1, 0.15) is 45.4 Å². The summed E-state index contributed by atoms with van der Waals surface area (Å²) in [5.74, 6) is -9.87. The number of ether oxygens (including phenoxy) is 1. The Labute approximate surface area is 161 Å². The smallest absolute Gasteiger partial charge is 0.463 e. The molecule has 0 saturated heterocycles. The molecule has 164 valence electrons. The number of hydrogen-bond acceptors (Lipinski definition) is 4. The molecule has 0 unspecified atom stereocenters. The molecule has 0 N–H and O–H groups in total. The topological polar surface area (TPSA) is 66.9 Å². The molecule has 11 heteroatoms. The van der Waals surface area contributed by atoms with Gasteiger partial charge >= 0.3 is 24.0 Å². The van der Waals surface area contributed by atoms with Crippen molar-refractivity contribution in [2.45, 2.75) is 57.5 Å². The molecule has 0 fully saturated rings. The molecule has 0 radical (unpaired) electrons. The Morgan fingerprint density at radius 2 is 1.36 bits per heavy atom. The van der Waals surface area contributed by atoms with E-state index in [0.29, 0.717) is 13.5 Å². The Morgan fingerprint density at radius 1 is 0.821 bits per heavy atom. The number of unbranched alkanes of at least 4 members (excludes halogenated alkanes) is 5. The molecule has 0 aliphatic rings. The summed E-state index contributed by atoms with van der Waals surface area (Å²) in [7, 11) is 1.79. The van der Waals surface area contributed by atoms with E-state index in [1.165, 1.54) is 0 Å². The molecule has 0 aromatic carbocycles. The van der Waals surface area contributed by atoms with Crippen molar-refractivity contribution in [3.05, 3.63) is 0 Å². The van der Waals surface area contributed by atoms with E-state index in [4.69, 9.17) is 4.74 Å². The van der Waals surface area contributed by atoms with Crippen LogP contribution >= 0.6 is 0 Å². The number of halogens is 5. The molecule has 0 aromatic heterocycles. The number of carbonyl (C=O) groups excluding carboxylic acids is 3. The van der Waals surface area contributed by atoms with Gasteiger partial charge in [-0.25, -0.2) is 0 Å². The number of amides is 2. The molecule has 6 nitrogen and oxygen atoms in total. The summed E-state index contributed by atoms with van der Waals surface area (Å²) < 4.78 is 67.5. The van der Waals surface area contributed by atoms with Crippen molar-refractivity contribution in [3.8, 4) is 0 Å². The van der Waals surface area contributed by atoms with Crippen LogP contribution in [-0.4, -0.2) is 73.5 Å². The first-order valence-electron chi connectivity index (χ1n) is 8.94. The quantitative estimate of drug-likeness (QED) is 0.278. The van der Waals surface area contributed by atoms with Crippen molar-refractivity contribution < 1.29 is 41.1 Å². The predicted molar refractivity (Wildman–Crippen MR) is 90.6 cm³/mol. The zero-order chi connectivity index (χ0) is 22.0. The zero-order valence-corrected chi connectivity index (χ0v) is 16.3. The largest absolute Gasteiger partial charge is 0.464 e. The van der Waals surface area contributed by atoms with E-state index in [-0.39, 0.29) is 11.5 Å². The molecule has 0 rings (SSSR count). The standard InChI is InChI=1S/C17H27F5N2O4/c1-4-5-6-7-8-9-10-28-14(26)12-23(2)13(25)11-24(3)15(27)16(18,19)17(20,21)22/h4-12H2,1-3H3. The van der Waals surface area contributed by atoms with Crippen molar-refractivity contribution in [3.63, 3.8) is 0 Å². The maximum absolute atomic E-state index is 13.0. The number of rotatable bonds is 12. The van der Waals surface area contributed by atoms with E-state index in [1.54, 1.807) is 0 Å². The molecular weight excluding hydrogens is 391 g/mol. The van der Waals surface area contributed by atoms with E-state index in [1.807, 2.05) is 0 Å². The minimum Gasteiger partial charge on any atom is -0.464 e. The van der Waals surface area contributed by atoms with Crippen molar-refractivity contribution in [2.75, 3.05) is 33.8 Å². The number of likely N-dealkylation sites (N-methyl/N-ethyl adjacent to an activating group) is 2. The number of alkyl halides is 5. The lowest BCUT2D eigenvalue weighted by Crippen LogP contribution is -2.53. The van der Waals surface area contributed by atoms with Gasteiger partial charge in [-0.3, -0.25) is 14.4 Å². The lowest BCUT2D eigenvalue weighted by Gasteiger charge is -2.26. The number of nitrogens with zero attached hydrogens (tertiary/aromatic N) is 2. The summed E-state index contributed by atoms with van der Waals surface area (Å²) >= 11 is 0. The fourth-order valence-electron chi connectivity index (χ4n) is 2.15. The maximum Gasteiger partial charge on any atom is 0.463 e. The average molecular weight is 418 g/mol. The maximum atomic E-state index is 13.0. The van der Waals surface area contributed by atoms with Gasteiger partial charge in [-0.2, -0.15) is 22.0 Å². The third-order valence-corrected chi connectivity index (χ3v) is 3.90. The molecule has 0 bridgehead atoms. The summed E-state index contributed by atoms with van der Waals surface area (Å²) in [6.07, 6.45) is -0.135. The van der Waals surface area contributed by atoms with Crippen LogP contribution in [0.3, 0.4) is 0 Å². The Balaban J connectivity index is 4.30. The molecular formula is C17H27F5N2O4. The van der Waals surface area contributed by atoms with Gasteiger partial charge in [0.2, 0.25) is 5.91 Å². The highest BCUT2D eigenvalue weighted by Gasteiger charge is 2.64. The third kappa shape index (κ3) is 8.83. The molecule has 0 aliphatic carbocycles. The number of carbonyl (C=O) groups is 3. The lowest BCUT2D eigenvalue weighted by molar-refractivity contribution is -0.273. The van der Waals surface area contributed by atoms with Crippen LogP contribution in [0, 0.1) is 0 Å². The minimum atomic E-state index is -6.06. The predicted octanol–water partition coefficient (Wildman–Crippen LogP) is 3.00. The van der Waals surface area contributed by atoms with E-state index < -0.39 is 43.0 Å². The van der Waals surface area contributed by atoms with Crippen LogP contribution < -0.4 is 0 Å². The van der Waals surface area contributed by atoms with Gasteiger partial charge in [-0.15, -0.1) is 0 Å². The molecule has 2 amide bonds. The van der Waals surface area contributed by atoms with Gasteiger partial charge in [-0.1, -0.05) is 39.0 Å². The molecule has 0 spiro atoms. The lowest BCUT2D eigenvalue weighted by atomic mass is 10.1. The molecule has 0 atom stereocenters. The first kappa shape index (κ1) is 26.1. The zero-order valence-electron chi connectivity index (χ0n) is 16.3. The Hall–Kier alpha value is -1.94. The second-order valence-electron chi connectivity index (χ2n) is 6.47. The monoisotopic (exact) mass is 418 g/mol. The van der Waals surface area contributed by atoms with Crippen molar-refractivity contribution in [1.82, 2.24) is 9.80 Å². The highest BCUT2D eigenvalue weighted by molar-refractivity contribution is 5.89. The average Bonchev–Trinajstić information content (AvgIpc) is 2.58. The summed E-state index contributed by atoms with van der Waals surface area (Å²) in [4.78, 5) is 35.5. The minimum absolute atomic E-state index is 0.0338. The molecule has 0 saturated carbocycles. The first-order valence-corrected chi connectivity index (χ1v) is 8.94. The van der Waals surface area contributed by atoms with Crippen LogP contribution in [0.4, 0.5) is 22.0 Å². The molecule has 0 heterocycles. The van der Waals surface area contributed by atoms with Gasteiger partial charge in [0, 0.05) is 14.1 Å². The summed E-state index contributed by atoms with van der Waals surface area (Å²) in [5.41, 5.74) is 0. The number of hydrogen-bond donors (Lipinski definition) is 0. The van der Waals surface area contributed by atoms with E-state index >= 15 is 0 Å². The Kier molecular flexibility index (Phi) is 11.0. The van der Waals surface area contributed by atoms with Crippen molar-refractivity contribution in [1.29, 1.82) is 0 Å². The SMILES string of the molecule is CCCCCCCCOC(=O)CN(C)C(=O)CN(C)C(=O)C(F)(F)C(F)(F)F. The summed E-state index contributed by atoms with van der Waals surface area (Å²) in [6, 6.07) is 0. The summed E-state index contributed by atoms with van der Waals surface area (Å²) in [5, 5.41) is 0. The van der Waals surface area contributed by atoms with E-state index in [2.05, 4.69) is 6.92 Å².